The second kappa shape index (κ2) is 5.19. The van der Waals surface area contributed by atoms with E-state index in [1.54, 1.807) is 0 Å². The predicted molar refractivity (Wildman–Crippen MR) is 87.9 cm³/mol. The fourth-order valence-electron chi connectivity index (χ4n) is 3.75. The molecule has 2 heterocycles. The summed E-state index contributed by atoms with van der Waals surface area (Å²) in [4.78, 5) is 12.5. The van der Waals surface area contributed by atoms with Crippen molar-refractivity contribution in [1.82, 2.24) is 0 Å². The molecule has 0 radical (unpaired) electrons. The molecule has 8 heteroatoms. The van der Waals surface area contributed by atoms with Gasteiger partial charge in [0.05, 0.1) is 0 Å². The van der Waals surface area contributed by atoms with E-state index < -0.39 is 34.6 Å². The molecular weight excluding hydrogens is 377 g/mol. The lowest BCUT2D eigenvalue weighted by molar-refractivity contribution is 0.0222. The second-order valence-electron chi connectivity index (χ2n) is 6.44. The summed E-state index contributed by atoms with van der Waals surface area (Å²) in [5.74, 6) is -6.34. The Morgan fingerprint density at radius 3 is 1.93 bits per heavy atom. The van der Waals surface area contributed by atoms with Crippen LogP contribution in [0.15, 0.2) is 42.5 Å². The average molecular weight is 386 g/mol. The third kappa shape index (κ3) is 1.89. The van der Waals surface area contributed by atoms with Crippen LogP contribution < -0.4 is 4.74 Å². The number of phenols is 2. The fourth-order valence-corrected chi connectivity index (χ4v) is 3.75. The topological polar surface area (TPSA) is 76.0 Å². The highest BCUT2D eigenvalue weighted by Crippen LogP contribution is 2.57. The summed E-state index contributed by atoms with van der Waals surface area (Å²) in [6.45, 7) is 0. The molecule has 0 unspecified atom stereocenters. The lowest BCUT2D eigenvalue weighted by Crippen LogP contribution is -2.33. The number of benzene rings is 3. The fraction of sp³-hybridized carbons (Fsp3) is 0.0500. The maximum Gasteiger partial charge on any atom is 0.343 e. The summed E-state index contributed by atoms with van der Waals surface area (Å²) >= 11 is 0. The summed E-state index contributed by atoms with van der Waals surface area (Å²) in [5, 5.41) is 19.6. The van der Waals surface area contributed by atoms with E-state index in [1.165, 1.54) is 36.4 Å². The Hall–Kier alpha value is -3.68. The van der Waals surface area contributed by atoms with Crippen LogP contribution in [0.1, 0.15) is 27.0 Å². The summed E-state index contributed by atoms with van der Waals surface area (Å²) in [5.41, 5.74) is -2.44. The van der Waals surface area contributed by atoms with Crippen molar-refractivity contribution in [3.63, 3.8) is 0 Å². The third-order valence-electron chi connectivity index (χ3n) is 4.90. The number of phenolic OH excluding ortho intramolecular Hbond substituents is 2. The van der Waals surface area contributed by atoms with Crippen molar-refractivity contribution in [2.75, 3.05) is 0 Å². The Bertz CT molecular complexity index is 1150. The number of esters is 1. The smallest absolute Gasteiger partial charge is 0.343 e. The van der Waals surface area contributed by atoms with Gasteiger partial charge in [0.15, 0.2) is 23.1 Å². The van der Waals surface area contributed by atoms with E-state index in [4.69, 9.17) is 9.47 Å². The molecule has 5 nitrogen and oxygen atoms in total. The zero-order chi connectivity index (χ0) is 19.8. The number of carbonyl (C=O) groups excluding carboxylic acids is 1. The minimum absolute atomic E-state index is 0.0453. The Kier molecular flexibility index (Phi) is 3.06. The molecule has 2 N–H and O–H groups in total. The van der Waals surface area contributed by atoms with Crippen LogP contribution in [0.3, 0.4) is 0 Å². The van der Waals surface area contributed by atoms with Crippen molar-refractivity contribution in [3.05, 3.63) is 82.2 Å². The van der Waals surface area contributed by atoms with Crippen molar-refractivity contribution in [3.8, 4) is 23.0 Å². The second-order valence-corrected chi connectivity index (χ2v) is 6.44. The first-order valence-corrected chi connectivity index (χ1v) is 8.09. The minimum Gasteiger partial charge on any atom is -0.508 e. The van der Waals surface area contributed by atoms with Crippen LogP contribution in [0.25, 0.3) is 0 Å². The van der Waals surface area contributed by atoms with Crippen molar-refractivity contribution >= 4 is 5.97 Å². The van der Waals surface area contributed by atoms with E-state index in [0.29, 0.717) is 6.07 Å². The van der Waals surface area contributed by atoms with Gasteiger partial charge in [0.25, 0.3) is 0 Å². The zero-order valence-electron chi connectivity index (χ0n) is 13.8. The molecular formula is C20H9F3O5. The highest BCUT2D eigenvalue weighted by molar-refractivity contribution is 5.97. The summed E-state index contributed by atoms with van der Waals surface area (Å²) in [6, 6.07) is 8.49. The van der Waals surface area contributed by atoms with Gasteiger partial charge >= 0.3 is 5.97 Å². The van der Waals surface area contributed by atoms with E-state index in [0.717, 1.165) is 0 Å². The first-order valence-electron chi connectivity index (χ1n) is 8.09. The summed E-state index contributed by atoms with van der Waals surface area (Å²) in [7, 11) is 0. The molecule has 5 rings (SSSR count). The van der Waals surface area contributed by atoms with Gasteiger partial charge in [-0.25, -0.2) is 18.0 Å². The molecule has 0 amide bonds. The van der Waals surface area contributed by atoms with Gasteiger partial charge < -0.3 is 19.7 Å². The van der Waals surface area contributed by atoms with Crippen LogP contribution in [0.4, 0.5) is 13.2 Å². The van der Waals surface area contributed by atoms with Crippen molar-refractivity contribution in [1.29, 1.82) is 0 Å². The molecule has 0 saturated heterocycles. The average Bonchev–Trinajstić information content (AvgIpc) is 2.92. The molecule has 0 aromatic heterocycles. The van der Waals surface area contributed by atoms with Gasteiger partial charge in [-0.1, -0.05) is 0 Å². The van der Waals surface area contributed by atoms with Crippen LogP contribution in [0.2, 0.25) is 0 Å². The predicted octanol–water partition coefficient (Wildman–Crippen LogP) is 4.08. The summed E-state index contributed by atoms with van der Waals surface area (Å²) in [6.07, 6.45) is 0. The molecule has 0 fully saturated rings. The third-order valence-corrected chi connectivity index (χ3v) is 4.90. The molecule has 0 bridgehead atoms. The maximum absolute atomic E-state index is 14.4. The number of hydrogen-bond donors (Lipinski definition) is 2. The molecule has 28 heavy (non-hydrogen) atoms. The highest BCUT2D eigenvalue weighted by atomic mass is 19.2. The van der Waals surface area contributed by atoms with E-state index in [-0.39, 0.29) is 39.7 Å². The van der Waals surface area contributed by atoms with E-state index in [9.17, 15) is 28.2 Å². The first-order chi connectivity index (χ1) is 13.3. The van der Waals surface area contributed by atoms with Gasteiger partial charge in [0.1, 0.15) is 28.6 Å². The zero-order valence-corrected chi connectivity index (χ0v) is 13.8. The highest BCUT2D eigenvalue weighted by Gasteiger charge is 2.55. The number of fused-ring (bicyclic) bond motifs is 6. The van der Waals surface area contributed by atoms with Gasteiger partial charge in [0, 0.05) is 28.8 Å². The molecule has 140 valence electrons. The molecule has 0 atom stereocenters. The Balaban J connectivity index is 1.94. The quantitative estimate of drug-likeness (QED) is 0.450. The summed E-state index contributed by atoms with van der Waals surface area (Å²) < 4.78 is 53.5. The van der Waals surface area contributed by atoms with Crippen LogP contribution in [-0.4, -0.2) is 16.2 Å². The molecule has 0 saturated carbocycles. The lowest BCUT2D eigenvalue weighted by atomic mass is 9.77. The Morgan fingerprint density at radius 2 is 1.36 bits per heavy atom. The Labute approximate surface area is 155 Å². The van der Waals surface area contributed by atoms with Crippen LogP contribution >= 0.6 is 0 Å². The number of halogens is 3. The van der Waals surface area contributed by atoms with Gasteiger partial charge in [-0.15, -0.1) is 0 Å². The standard InChI is InChI=1S/C20H9F3O5/c21-13-7-12-16(18(23)17(13)22)19(26)28-20(12)10-3-1-8(24)5-14(10)27-15-6-9(25)2-4-11(15)20/h1-7,24-25H. The van der Waals surface area contributed by atoms with Gasteiger partial charge in [0.2, 0.25) is 0 Å². The number of hydrogen-bond acceptors (Lipinski definition) is 5. The van der Waals surface area contributed by atoms with Crippen molar-refractivity contribution < 1.29 is 37.7 Å². The van der Waals surface area contributed by atoms with Crippen molar-refractivity contribution in [2.24, 2.45) is 0 Å². The molecule has 3 aromatic rings. The van der Waals surface area contributed by atoms with E-state index >= 15 is 0 Å². The normalized spacial score (nSPS) is 15.5. The van der Waals surface area contributed by atoms with Crippen LogP contribution in [-0.2, 0) is 10.3 Å². The minimum atomic E-state index is -1.84. The SMILES string of the molecule is O=C1OC2(c3ccc(O)cc3Oc3cc(O)ccc32)c2cc(F)c(F)c(F)c21. The number of aromatic hydroxyl groups is 2. The van der Waals surface area contributed by atoms with Crippen molar-refractivity contribution in [2.45, 2.75) is 5.60 Å². The molecule has 1 spiro atoms. The molecule has 3 aromatic carbocycles. The molecule has 0 aliphatic carbocycles. The first kappa shape index (κ1) is 16.5. The number of ether oxygens (including phenoxy) is 2. The largest absolute Gasteiger partial charge is 0.508 e. The lowest BCUT2D eigenvalue weighted by Gasteiger charge is -2.36. The molecule has 2 aliphatic heterocycles. The van der Waals surface area contributed by atoms with E-state index in [1.807, 2.05) is 0 Å². The Morgan fingerprint density at radius 1 is 0.786 bits per heavy atom. The molecule has 2 aliphatic rings. The van der Waals surface area contributed by atoms with Gasteiger partial charge in [-0.3, -0.25) is 0 Å². The van der Waals surface area contributed by atoms with Gasteiger partial charge in [-0.05, 0) is 30.3 Å². The number of carbonyl (C=O) groups is 1. The van der Waals surface area contributed by atoms with Gasteiger partial charge in [-0.2, -0.15) is 0 Å². The van der Waals surface area contributed by atoms with E-state index in [2.05, 4.69) is 0 Å². The monoisotopic (exact) mass is 386 g/mol. The van der Waals surface area contributed by atoms with Crippen LogP contribution in [0.5, 0.6) is 23.0 Å². The number of rotatable bonds is 0. The maximum atomic E-state index is 14.4. The van der Waals surface area contributed by atoms with Crippen LogP contribution in [0, 0.1) is 17.5 Å².